The highest BCUT2D eigenvalue weighted by atomic mass is 79.9. The number of sulfonamides is 1. The summed E-state index contributed by atoms with van der Waals surface area (Å²) in [5, 5.41) is 0. The number of rotatable bonds is 6. The van der Waals surface area contributed by atoms with E-state index in [-0.39, 0.29) is 28.2 Å². The monoisotopic (exact) mass is 501 g/mol. The van der Waals surface area contributed by atoms with Crippen LogP contribution in [0.1, 0.15) is 42.3 Å². The van der Waals surface area contributed by atoms with Crippen molar-refractivity contribution in [3.8, 4) is 5.75 Å². The average molecular weight is 502 g/mol. The Bertz CT molecular complexity index is 1170. The van der Waals surface area contributed by atoms with Crippen molar-refractivity contribution >= 4 is 31.9 Å². The van der Waals surface area contributed by atoms with Crippen LogP contribution in [-0.2, 0) is 22.0 Å². The molecule has 3 rings (SSSR count). The predicted octanol–water partition coefficient (Wildman–Crippen LogP) is 5.44. The van der Waals surface area contributed by atoms with Gasteiger partial charge in [-0.25, -0.2) is 13.1 Å². The fourth-order valence-corrected chi connectivity index (χ4v) is 4.38. The standard InChI is InChI=1S/C24H24BrNO4S/c1-24(2,3)18-12-14-19(15-13-18)31(28,29)26-23(27)20-10-7-11-21(25)22(20)30-16-17-8-5-4-6-9-17/h4-15H,16H2,1-3H3,(H,26,27). The van der Waals surface area contributed by atoms with E-state index in [0.717, 1.165) is 11.1 Å². The summed E-state index contributed by atoms with van der Waals surface area (Å²) in [7, 11) is -4.04. The normalized spacial score (nSPS) is 11.7. The molecule has 3 aromatic carbocycles. The topological polar surface area (TPSA) is 72.5 Å². The molecule has 0 radical (unpaired) electrons. The van der Waals surface area contributed by atoms with E-state index in [2.05, 4.69) is 20.7 Å². The summed E-state index contributed by atoms with van der Waals surface area (Å²) in [5.41, 5.74) is 1.95. The predicted molar refractivity (Wildman–Crippen MR) is 125 cm³/mol. The van der Waals surface area contributed by atoms with E-state index in [0.29, 0.717) is 4.47 Å². The lowest BCUT2D eigenvalue weighted by atomic mass is 9.87. The maximum absolute atomic E-state index is 12.9. The Morgan fingerprint density at radius 1 is 0.935 bits per heavy atom. The fraction of sp³-hybridized carbons (Fsp3) is 0.208. The van der Waals surface area contributed by atoms with Crippen LogP contribution in [0.15, 0.2) is 82.2 Å². The summed E-state index contributed by atoms with van der Waals surface area (Å²) in [5.74, 6) is -0.480. The second kappa shape index (κ2) is 9.24. The zero-order valence-corrected chi connectivity index (χ0v) is 20.0. The zero-order chi connectivity index (χ0) is 22.6. The lowest BCUT2D eigenvalue weighted by Gasteiger charge is -2.19. The molecule has 31 heavy (non-hydrogen) atoms. The molecule has 5 nitrogen and oxygen atoms in total. The number of nitrogens with one attached hydrogen (secondary N) is 1. The van der Waals surface area contributed by atoms with Crippen LogP contribution >= 0.6 is 15.9 Å². The van der Waals surface area contributed by atoms with Gasteiger partial charge in [-0.2, -0.15) is 0 Å². The number of halogens is 1. The second-order valence-corrected chi connectivity index (χ2v) is 10.6. The van der Waals surface area contributed by atoms with Crippen molar-refractivity contribution in [1.82, 2.24) is 4.72 Å². The molecular formula is C24H24BrNO4S. The first kappa shape index (κ1) is 23.0. The molecule has 0 heterocycles. The minimum absolute atomic E-state index is 0.0237. The van der Waals surface area contributed by atoms with Gasteiger partial charge in [0.2, 0.25) is 0 Å². The first-order valence-corrected chi connectivity index (χ1v) is 12.0. The largest absolute Gasteiger partial charge is 0.487 e. The van der Waals surface area contributed by atoms with Crippen molar-refractivity contribution in [1.29, 1.82) is 0 Å². The van der Waals surface area contributed by atoms with Gasteiger partial charge in [0.15, 0.2) is 0 Å². The lowest BCUT2D eigenvalue weighted by Crippen LogP contribution is -2.31. The first-order chi connectivity index (χ1) is 14.6. The molecule has 0 aliphatic rings. The highest BCUT2D eigenvalue weighted by molar-refractivity contribution is 9.10. The van der Waals surface area contributed by atoms with E-state index in [1.165, 1.54) is 18.2 Å². The van der Waals surface area contributed by atoms with Crippen molar-refractivity contribution < 1.29 is 17.9 Å². The van der Waals surface area contributed by atoms with Crippen LogP contribution in [-0.4, -0.2) is 14.3 Å². The molecule has 162 valence electrons. The van der Waals surface area contributed by atoms with Crippen molar-refractivity contribution in [3.63, 3.8) is 0 Å². The van der Waals surface area contributed by atoms with Crippen LogP contribution in [0.3, 0.4) is 0 Å². The summed E-state index contributed by atoms with van der Waals surface area (Å²) in [6.45, 7) is 6.37. The number of carbonyl (C=O) groups excluding carboxylic acids is 1. The number of hydrogen-bond donors (Lipinski definition) is 1. The number of hydrogen-bond acceptors (Lipinski definition) is 4. The van der Waals surface area contributed by atoms with Crippen LogP contribution < -0.4 is 9.46 Å². The lowest BCUT2D eigenvalue weighted by molar-refractivity contribution is 0.0977. The number of ether oxygens (including phenoxy) is 1. The van der Waals surface area contributed by atoms with Gasteiger partial charge in [0.1, 0.15) is 12.4 Å². The van der Waals surface area contributed by atoms with E-state index < -0.39 is 15.9 Å². The molecule has 0 bridgehead atoms. The van der Waals surface area contributed by atoms with Gasteiger partial charge in [-0.1, -0.05) is 69.3 Å². The quantitative estimate of drug-likeness (QED) is 0.487. The highest BCUT2D eigenvalue weighted by Gasteiger charge is 2.23. The smallest absolute Gasteiger partial charge is 0.268 e. The number of carbonyl (C=O) groups is 1. The van der Waals surface area contributed by atoms with Crippen molar-refractivity contribution in [2.45, 2.75) is 37.7 Å². The molecule has 0 atom stereocenters. The highest BCUT2D eigenvalue weighted by Crippen LogP contribution is 2.30. The third kappa shape index (κ3) is 5.74. The molecule has 0 saturated heterocycles. The number of benzene rings is 3. The van der Waals surface area contributed by atoms with Gasteiger partial charge < -0.3 is 4.74 Å². The minimum atomic E-state index is -4.04. The first-order valence-electron chi connectivity index (χ1n) is 9.71. The van der Waals surface area contributed by atoms with Crippen LogP contribution in [0.2, 0.25) is 0 Å². The van der Waals surface area contributed by atoms with Crippen molar-refractivity contribution in [2.24, 2.45) is 0 Å². The SMILES string of the molecule is CC(C)(C)c1ccc(S(=O)(=O)NC(=O)c2cccc(Br)c2OCc2ccccc2)cc1. The fourth-order valence-electron chi connectivity index (χ4n) is 2.93. The van der Waals surface area contributed by atoms with Crippen LogP contribution in [0.4, 0.5) is 0 Å². The van der Waals surface area contributed by atoms with Crippen molar-refractivity contribution in [2.75, 3.05) is 0 Å². The van der Waals surface area contributed by atoms with Crippen LogP contribution in [0.25, 0.3) is 0 Å². The van der Waals surface area contributed by atoms with Crippen LogP contribution in [0, 0.1) is 0 Å². The molecule has 0 aliphatic heterocycles. The molecule has 7 heteroatoms. The second-order valence-electron chi connectivity index (χ2n) is 8.10. The molecular weight excluding hydrogens is 478 g/mol. The third-order valence-electron chi connectivity index (χ3n) is 4.70. The number of para-hydroxylation sites is 1. The van der Waals surface area contributed by atoms with Gasteiger partial charge in [-0.15, -0.1) is 0 Å². The molecule has 0 aromatic heterocycles. The molecule has 0 fully saturated rings. The molecule has 1 N–H and O–H groups in total. The Hall–Kier alpha value is -2.64. The summed E-state index contributed by atoms with van der Waals surface area (Å²) in [4.78, 5) is 12.9. The average Bonchev–Trinajstić information content (AvgIpc) is 2.72. The van der Waals surface area contributed by atoms with Gasteiger partial charge in [-0.3, -0.25) is 4.79 Å². The Morgan fingerprint density at radius 2 is 1.58 bits per heavy atom. The Kier molecular flexibility index (Phi) is 6.86. The Balaban J connectivity index is 1.82. The summed E-state index contributed by atoms with van der Waals surface area (Å²) in [6.07, 6.45) is 0. The third-order valence-corrected chi connectivity index (χ3v) is 6.67. The van der Waals surface area contributed by atoms with Gasteiger partial charge in [0, 0.05) is 0 Å². The minimum Gasteiger partial charge on any atom is -0.487 e. The zero-order valence-electron chi connectivity index (χ0n) is 17.6. The molecule has 3 aromatic rings. The van der Waals surface area contributed by atoms with E-state index in [1.54, 1.807) is 24.3 Å². The summed E-state index contributed by atoms with van der Waals surface area (Å²) < 4.78 is 34.1. The number of amides is 1. The van der Waals surface area contributed by atoms with Gasteiger partial charge in [0.05, 0.1) is 14.9 Å². The van der Waals surface area contributed by atoms with Crippen LogP contribution in [0.5, 0.6) is 5.75 Å². The Labute approximate surface area is 191 Å². The van der Waals surface area contributed by atoms with E-state index in [1.807, 2.05) is 51.1 Å². The molecule has 0 spiro atoms. The van der Waals surface area contributed by atoms with Gasteiger partial charge >= 0.3 is 0 Å². The van der Waals surface area contributed by atoms with Crippen molar-refractivity contribution in [3.05, 3.63) is 94.0 Å². The molecule has 1 amide bonds. The van der Waals surface area contributed by atoms with E-state index in [4.69, 9.17) is 4.74 Å². The maximum atomic E-state index is 12.9. The van der Waals surface area contributed by atoms with Gasteiger partial charge in [-0.05, 0) is 56.7 Å². The Morgan fingerprint density at radius 3 is 2.19 bits per heavy atom. The molecule has 0 aliphatic carbocycles. The summed E-state index contributed by atoms with van der Waals surface area (Å²) >= 11 is 3.39. The molecule has 0 unspecified atom stereocenters. The van der Waals surface area contributed by atoms with E-state index >= 15 is 0 Å². The van der Waals surface area contributed by atoms with Gasteiger partial charge in [0.25, 0.3) is 15.9 Å². The maximum Gasteiger partial charge on any atom is 0.268 e. The molecule has 0 saturated carbocycles. The summed E-state index contributed by atoms with van der Waals surface area (Å²) in [6, 6.07) is 20.9. The van der Waals surface area contributed by atoms with E-state index in [9.17, 15) is 13.2 Å².